The summed E-state index contributed by atoms with van der Waals surface area (Å²) in [6, 6.07) is 6.24. The van der Waals surface area contributed by atoms with Gasteiger partial charge in [-0.1, -0.05) is 11.2 Å². The minimum Gasteiger partial charge on any atom is -0.360 e. The molecule has 144 valence electrons. The molecule has 0 aliphatic carbocycles. The summed E-state index contributed by atoms with van der Waals surface area (Å²) in [5.41, 5.74) is 0.762. The second-order valence-electron chi connectivity index (χ2n) is 6.45. The Labute approximate surface area is 164 Å². The highest BCUT2D eigenvalue weighted by molar-refractivity contribution is 9.10. The Balaban J connectivity index is 1.44. The molecule has 9 heteroatoms. The number of carbonyl (C=O) groups excluding carboxylic acids is 2. The molecule has 3 rings (SSSR count). The standard InChI is InChI=1S/C18H20BrFN4O3/c1-12-8-16(22-27-12)21-17(25)11-23-4-6-24(7-5-23)18(26)10-13-2-3-15(20)14(19)9-13/h2-3,8-9H,4-7,10-11H2,1H3,(H,21,22,25). The van der Waals surface area contributed by atoms with Gasteiger partial charge in [0, 0.05) is 32.2 Å². The highest BCUT2D eigenvalue weighted by atomic mass is 79.9. The van der Waals surface area contributed by atoms with Crippen molar-refractivity contribution in [2.45, 2.75) is 13.3 Å². The first-order chi connectivity index (χ1) is 12.9. The molecule has 1 fully saturated rings. The summed E-state index contributed by atoms with van der Waals surface area (Å²) in [5, 5.41) is 6.42. The summed E-state index contributed by atoms with van der Waals surface area (Å²) in [6.07, 6.45) is 0.227. The first-order valence-corrected chi connectivity index (χ1v) is 9.37. The lowest BCUT2D eigenvalue weighted by Gasteiger charge is -2.34. The second kappa shape index (κ2) is 8.62. The highest BCUT2D eigenvalue weighted by Gasteiger charge is 2.23. The van der Waals surface area contributed by atoms with Crippen LogP contribution in [0.25, 0.3) is 0 Å². The molecule has 2 heterocycles. The lowest BCUT2D eigenvalue weighted by Crippen LogP contribution is -2.50. The largest absolute Gasteiger partial charge is 0.360 e. The molecule has 27 heavy (non-hydrogen) atoms. The van der Waals surface area contributed by atoms with Gasteiger partial charge in [-0.3, -0.25) is 14.5 Å². The molecule has 0 unspecified atom stereocenters. The number of anilines is 1. The summed E-state index contributed by atoms with van der Waals surface area (Å²) in [5.74, 6) is 0.510. The maximum absolute atomic E-state index is 13.3. The lowest BCUT2D eigenvalue weighted by molar-refractivity contribution is -0.132. The van der Waals surface area contributed by atoms with E-state index in [4.69, 9.17) is 4.52 Å². The average Bonchev–Trinajstić information content (AvgIpc) is 3.03. The quantitative estimate of drug-likeness (QED) is 0.773. The van der Waals surface area contributed by atoms with Crippen molar-refractivity contribution in [3.05, 3.63) is 45.9 Å². The van der Waals surface area contributed by atoms with Crippen molar-refractivity contribution < 1.29 is 18.5 Å². The van der Waals surface area contributed by atoms with Gasteiger partial charge in [0.1, 0.15) is 11.6 Å². The summed E-state index contributed by atoms with van der Waals surface area (Å²) >= 11 is 3.13. The van der Waals surface area contributed by atoms with Crippen LogP contribution in [0.15, 0.2) is 33.3 Å². The van der Waals surface area contributed by atoms with Gasteiger partial charge in [-0.2, -0.15) is 0 Å². The summed E-state index contributed by atoms with van der Waals surface area (Å²) < 4.78 is 18.6. The van der Waals surface area contributed by atoms with E-state index in [1.165, 1.54) is 6.07 Å². The number of benzene rings is 1. The number of nitrogens with one attached hydrogen (secondary N) is 1. The van der Waals surface area contributed by atoms with Crippen LogP contribution in [-0.4, -0.2) is 59.5 Å². The van der Waals surface area contributed by atoms with Crippen LogP contribution in [0.2, 0.25) is 0 Å². The Morgan fingerprint density at radius 2 is 2.00 bits per heavy atom. The van der Waals surface area contributed by atoms with Gasteiger partial charge in [0.25, 0.3) is 0 Å². The van der Waals surface area contributed by atoms with Crippen LogP contribution in [0.3, 0.4) is 0 Å². The zero-order valence-corrected chi connectivity index (χ0v) is 16.5. The van der Waals surface area contributed by atoms with Gasteiger partial charge < -0.3 is 14.7 Å². The lowest BCUT2D eigenvalue weighted by atomic mass is 10.1. The number of amides is 2. The molecular weight excluding hydrogens is 419 g/mol. The van der Waals surface area contributed by atoms with Gasteiger partial charge >= 0.3 is 0 Å². The van der Waals surface area contributed by atoms with Gasteiger partial charge in [-0.05, 0) is 40.5 Å². The number of rotatable bonds is 5. The summed E-state index contributed by atoms with van der Waals surface area (Å²) in [4.78, 5) is 28.2. The Bertz CT molecular complexity index is 834. The minimum atomic E-state index is -0.348. The number of halogens is 2. The molecule has 0 spiro atoms. The van der Waals surface area contributed by atoms with Crippen molar-refractivity contribution in [2.75, 3.05) is 38.0 Å². The molecule has 1 aromatic carbocycles. The maximum Gasteiger partial charge on any atom is 0.239 e. The number of nitrogens with zero attached hydrogens (tertiary/aromatic N) is 3. The Morgan fingerprint density at radius 3 is 2.63 bits per heavy atom. The van der Waals surface area contributed by atoms with Crippen LogP contribution in [-0.2, 0) is 16.0 Å². The highest BCUT2D eigenvalue weighted by Crippen LogP contribution is 2.18. The van der Waals surface area contributed by atoms with Gasteiger partial charge in [0.15, 0.2) is 5.82 Å². The molecule has 1 aromatic heterocycles. The normalized spacial score (nSPS) is 15.0. The van der Waals surface area contributed by atoms with E-state index < -0.39 is 0 Å². The topological polar surface area (TPSA) is 78.7 Å². The molecule has 0 saturated carbocycles. The van der Waals surface area contributed by atoms with Crippen LogP contribution >= 0.6 is 15.9 Å². The maximum atomic E-state index is 13.3. The van der Waals surface area contributed by atoms with E-state index in [9.17, 15) is 14.0 Å². The zero-order chi connectivity index (χ0) is 19.4. The van der Waals surface area contributed by atoms with E-state index in [0.29, 0.717) is 42.2 Å². The monoisotopic (exact) mass is 438 g/mol. The summed E-state index contributed by atoms with van der Waals surface area (Å²) in [7, 11) is 0. The molecule has 7 nitrogen and oxygen atoms in total. The fraction of sp³-hybridized carbons (Fsp3) is 0.389. The molecular formula is C18H20BrFN4O3. The Morgan fingerprint density at radius 1 is 1.26 bits per heavy atom. The van der Waals surface area contributed by atoms with Gasteiger partial charge in [-0.15, -0.1) is 0 Å². The molecule has 1 aliphatic heterocycles. The van der Waals surface area contributed by atoms with E-state index in [-0.39, 0.29) is 30.6 Å². The van der Waals surface area contributed by atoms with Crippen molar-refractivity contribution >= 4 is 33.6 Å². The first-order valence-electron chi connectivity index (χ1n) is 8.58. The molecule has 0 bridgehead atoms. The van der Waals surface area contributed by atoms with Crippen LogP contribution in [0.1, 0.15) is 11.3 Å². The second-order valence-corrected chi connectivity index (χ2v) is 7.31. The number of hydrogen-bond donors (Lipinski definition) is 1. The van der Waals surface area contributed by atoms with E-state index in [2.05, 4.69) is 26.4 Å². The molecule has 1 saturated heterocycles. The predicted molar refractivity (Wildman–Crippen MR) is 101 cm³/mol. The third-order valence-corrected chi connectivity index (χ3v) is 4.93. The number of hydrogen-bond acceptors (Lipinski definition) is 5. The SMILES string of the molecule is Cc1cc(NC(=O)CN2CCN(C(=O)Cc3ccc(F)c(Br)c3)CC2)no1. The van der Waals surface area contributed by atoms with Gasteiger partial charge in [0.2, 0.25) is 11.8 Å². The van der Waals surface area contributed by atoms with E-state index in [1.54, 1.807) is 30.0 Å². The van der Waals surface area contributed by atoms with Crippen molar-refractivity contribution in [1.82, 2.24) is 15.0 Å². The number of piperazine rings is 1. The Hall–Kier alpha value is -2.26. The smallest absolute Gasteiger partial charge is 0.239 e. The first kappa shape index (κ1) is 19.5. The van der Waals surface area contributed by atoms with Crippen LogP contribution < -0.4 is 5.32 Å². The van der Waals surface area contributed by atoms with Gasteiger partial charge in [-0.25, -0.2) is 4.39 Å². The molecule has 1 aliphatic rings. The number of aryl methyl sites for hydroxylation is 1. The minimum absolute atomic E-state index is 0.00400. The molecule has 2 aromatic rings. The average molecular weight is 439 g/mol. The zero-order valence-electron chi connectivity index (χ0n) is 14.9. The Kier molecular flexibility index (Phi) is 6.22. The van der Waals surface area contributed by atoms with Crippen molar-refractivity contribution in [1.29, 1.82) is 0 Å². The van der Waals surface area contributed by atoms with Crippen molar-refractivity contribution in [3.8, 4) is 0 Å². The molecule has 1 N–H and O–H groups in total. The van der Waals surface area contributed by atoms with Crippen molar-refractivity contribution in [3.63, 3.8) is 0 Å². The molecule has 0 radical (unpaired) electrons. The van der Waals surface area contributed by atoms with Crippen LogP contribution in [0.5, 0.6) is 0 Å². The van der Waals surface area contributed by atoms with Crippen LogP contribution in [0.4, 0.5) is 10.2 Å². The fourth-order valence-corrected chi connectivity index (χ4v) is 3.33. The number of carbonyl (C=O) groups is 2. The van der Waals surface area contributed by atoms with E-state index >= 15 is 0 Å². The molecule has 0 atom stereocenters. The summed E-state index contributed by atoms with van der Waals surface area (Å²) in [6.45, 7) is 4.33. The fourth-order valence-electron chi connectivity index (χ4n) is 2.90. The number of aromatic nitrogens is 1. The van der Waals surface area contributed by atoms with E-state index in [1.807, 2.05) is 4.90 Å². The third kappa shape index (κ3) is 5.36. The van der Waals surface area contributed by atoms with Crippen molar-refractivity contribution in [2.24, 2.45) is 0 Å². The van der Waals surface area contributed by atoms with Gasteiger partial charge in [0.05, 0.1) is 17.4 Å². The van der Waals surface area contributed by atoms with Crippen LogP contribution in [0, 0.1) is 12.7 Å². The molecule has 2 amide bonds. The third-order valence-electron chi connectivity index (χ3n) is 4.33. The predicted octanol–water partition coefficient (Wildman–Crippen LogP) is 2.21. The van der Waals surface area contributed by atoms with E-state index in [0.717, 1.165) is 5.56 Å².